The van der Waals surface area contributed by atoms with E-state index in [4.69, 9.17) is 0 Å². The predicted molar refractivity (Wildman–Crippen MR) is 150 cm³/mol. The molecule has 0 spiro atoms. The lowest BCUT2D eigenvalue weighted by Gasteiger charge is -2.17. The van der Waals surface area contributed by atoms with Crippen LogP contribution in [0.1, 0.15) is 40.8 Å². The highest BCUT2D eigenvalue weighted by Crippen LogP contribution is 2.26. The lowest BCUT2D eigenvalue weighted by molar-refractivity contribution is 0.0936. The molecule has 0 bridgehead atoms. The number of hydrogen-bond acceptors (Lipinski definition) is 6. The number of rotatable bonds is 10. The average molecular weight is 514 g/mol. The van der Waals surface area contributed by atoms with Gasteiger partial charge in [-0.3, -0.25) is 9.78 Å². The number of H-pyrrole nitrogens is 1. The lowest BCUT2D eigenvalue weighted by Crippen LogP contribution is -2.29. The maximum atomic E-state index is 12.8. The van der Waals surface area contributed by atoms with E-state index in [9.17, 15) is 4.79 Å². The highest BCUT2D eigenvalue weighted by molar-refractivity contribution is 7.80. The number of aromatic nitrogens is 3. The molecular weight excluding hydrogens is 486 g/mol. The zero-order valence-electron chi connectivity index (χ0n) is 19.6. The summed E-state index contributed by atoms with van der Waals surface area (Å²) < 4.78 is 0. The predicted octanol–water partition coefficient (Wildman–Crippen LogP) is 6.73. The number of benzene rings is 3. The standard InChI is InChI=1S/C28H27N5OS2/c34-28(26-17-29-18-36-26)33-23(10-5-6-14-30-22-9-3-4-11-25(22)35)27-31-16-24(32-27)21-13-12-19-7-1-2-8-20(19)15-21/h1-4,7-9,11-13,15-18,23,30,35H,5-6,10,14H2,(H,31,32)(H,33,34)/t23-/m0/s1. The number of imidazole rings is 1. The SMILES string of the molecule is O=C(N[C@@H](CCCCNc1ccccc1S)c1ncc(-c2ccc3ccccc3c2)[nH]1)c1cncs1. The monoisotopic (exact) mass is 513 g/mol. The number of hydrogen-bond donors (Lipinski definition) is 4. The van der Waals surface area contributed by atoms with Crippen molar-refractivity contribution in [3.05, 3.63) is 95.3 Å². The first kappa shape index (κ1) is 24.1. The molecule has 0 unspecified atom stereocenters. The maximum absolute atomic E-state index is 12.8. The molecular formula is C28H27N5OS2. The van der Waals surface area contributed by atoms with Crippen molar-refractivity contribution in [1.82, 2.24) is 20.3 Å². The van der Waals surface area contributed by atoms with Gasteiger partial charge in [-0.05, 0) is 48.2 Å². The van der Waals surface area contributed by atoms with E-state index >= 15 is 0 Å². The van der Waals surface area contributed by atoms with E-state index in [1.807, 2.05) is 42.6 Å². The Morgan fingerprint density at radius 2 is 1.83 bits per heavy atom. The van der Waals surface area contributed by atoms with E-state index in [1.165, 1.54) is 22.1 Å². The van der Waals surface area contributed by atoms with E-state index in [0.717, 1.165) is 53.5 Å². The molecule has 6 nitrogen and oxygen atoms in total. The van der Waals surface area contributed by atoms with Crippen molar-refractivity contribution in [1.29, 1.82) is 0 Å². The minimum Gasteiger partial charge on any atom is -0.384 e. The van der Waals surface area contributed by atoms with Gasteiger partial charge in [-0.1, -0.05) is 48.5 Å². The van der Waals surface area contributed by atoms with Gasteiger partial charge < -0.3 is 15.6 Å². The van der Waals surface area contributed by atoms with E-state index < -0.39 is 0 Å². The summed E-state index contributed by atoms with van der Waals surface area (Å²) in [5.74, 6) is 0.623. The zero-order valence-corrected chi connectivity index (χ0v) is 21.4. The molecule has 0 fully saturated rings. The molecule has 0 saturated carbocycles. The van der Waals surface area contributed by atoms with Crippen molar-refractivity contribution in [2.75, 3.05) is 11.9 Å². The summed E-state index contributed by atoms with van der Waals surface area (Å²) in [6.07, 6.45) is 6.07. The molecule has 8 heteroatoms. The Kier molecular flexibility index (Phi) is 7.64. The van der Waals surface area contributed by atoms with Crippen molar-refractivity contribution < 1.29 is 4.79 Å². The molecule has 3 aromatic carbocycles. The summed E-state index contributed by atoms with van der Waals surface area (Å²) in [5.41, 5.74) is 4.69. The van der Waals surface area contributed by atoms with Gasteiger partial charge in [-0.2, -0.15) is 0 Å². The Morgan fingerprint density at radius 3 is 2.67 bits per heavy atom. The fourth-order valence-corrected chi connectivity index (χ4v) is 4.93. The van der Waals surface area contributed by atoms with Crippen molar-refractivity contribution in [2.24, 2.45) is 0 Å². The second-order valence-corrected chi connectivity index (χ2v) is 9.94. The molecule has 36 heavy (non-hydrogen) atoms. The van der Waals surface area contributed by atoms with Gasteiger partial charge in [0.15, 0.2) is 0 Å². The van der Waals surface area contributed by atoms with Gasteiger partial charge in [0.1, 0.15) is 10.7 Å². The molecule has 0 radical (unpaired) electrons. The number of nitrogens with one attached hydrogen (secondary N) is 3. The third-order valence-electron chi connectivity index (χ3n) is 6.09. The first-order valence-electron chi connectivity index (χ1n) is 11.9. The van der Waals surface area contributed by atoms with Crippen LogP contribution in [-0.4, -0.2) is 27.4 Å². The summed E-state index contributed by atoms with van der Waals surface area (Å²) in [5, 5.41) is 8.97. The van der Waals surface area contributed by atoms with Crippen LogP contribution in [0.15, 0.2) is 89.5 Å². The number of carbonyl (C=O) groups excluding carboxylic acids is 1. The van der Waals surface area contributed by atoms with Crippen LogP contribution in [0.5, 0.6) is 0 Å². The molecule has 0 aliphatic carbocycles. The highest BCUT2D eigenvalue weighted by atomic mass is 32.1. The number of fused-ring (bicyclic) bond motifs is 1. The molecule has 1 atom stereocenters. The minimum absolute atomic E-state index is 0.131. The van der Waals surface area contributed by atoms with E-state index in [-0.39, 0.29) is 11.9 Å². The van der Waals surface area contributed by atoms with Crippen LogP contribution in [0.4, 0.5) is 5.69 Å². The Hall–Kier alpha value is -3.62. The quantitative estimate of drug-likeness (QED) is 0.123. The number of thiol groups is 1. The minimum atomic E-state index is -0.231. The molecule has 0 saturated heterocycles. The van der Waals surface area contributed by atoms with E-state index in [0.29, 0.717) is 4.88 Å². The molecule has 5 rings (SSSR count). The van der Waals surface area contributed by atoms with Crippen LogP contribution < -0.4 is 10.6 Å². The maximum Gasteiger partial charge on any atom is 0.263 e. The third kappa shape index (κ3) is 5.78. The Morgan fingerprint density at radius 1 is 1.00 bits per heavy atom. The van der Waals surface area contributed by atoms with Gasteiger partial charge in [-0.25, -0.2) is 4.98 Å². The molecule has 2 aromatic heterocycles. The van der Waals surface area contributed by atoms with Crippen LogP contribution in [0.3, 0.4) is 0 Å². The zero-order chi connectivity index (χ0) is 24.7. The number of thiazole rings is 1. The van der Waals surface area contributed by atoms with Crippen molar-refractivity contribution in [3.63, 3.8) is 0 Å². The van der Waals surface area contributed by atoms with Gasteiger partial charge in [-0.15, -0.1) is 24.0 Å². The van der Waals surface area contributed by atoms with Gasteiger partial charge >= 0.3 is 0 Å². The molecule has 1 amide bonds. The second kappa shape index (κ2) is 11.4. The van der Waals surface area contributed by atoms with Gasteiger partial charge in [0.25, 0.3) is 5.91 Å². The van der Waals surface area contributed by atoms with E-state index in [2.05, 4.69) is 68.5 Å². The molecule has 0 aliphatic rings. The van der Waals surface area contributed by atoms with Gasteiger partial charge in [0, 0.05) is 22.7 Å². The summed E-state index contributed by atoms with van der Waals surface area (Å²) in [6.45, 7) is 0.827. The number of para-hydroxylation sites is 1. The first-order chi connectivity index (χ1) is 17.7. The molecule has 2 heterocycles. The van der Waals surface area contributed by atoms with Crippen LogP contribution in [-0.2, 0) is 0 Å². The molecule has 182 valence electrons. The van der Waals surface area contributed by atoms with Crippen LogP contribution in [0, 0.1) is 0 Å². The normalized spacial score (nSPS) is 11.9. The fraction of sp³-hybridized carbons (Fsp3) is 0.179. The number of anilines is 1. The summed E-state index contributed by atoms with van der Waals surface area (Å²) >= 11 is 5.83. The van der Waals surface area contributed by atoms with Gasteiger partial charge in [0.05, 0.1) is 29.6 Å². The Balaban J connectivity index is 1.28. The van der Waals surface area contributed by atoms with Gasteiger partial charge in [0.2, 0.25) is 0 Å². The number of carbonyl (C=O) groups is 1. The van der Waals surface area contributed by atoms with Crippen molar-refractivity contribution in [2.45, 2.75) is 30.2 Å². The topological polar surface area (TPSA) is 82.7 Å². The highest BCUT2D eigenvalue weighted by Gasteiger charge is 2.20. The number of unbranched alkanes of at least 4 members (excludes halogenated alkanes) is 1. The molecule has 5 aromatic rings. The number of nitrogens with zero attached hydrogens (tertiary/aromatic N) is 2. The number of amides is 1. The summed E-state index contributed by atoms with van der Waals surface area (Å²) in [7, 11) is 0. The fourth-order valence-electron chi connectivity index (χ4n) is 4.17. The Labute approximate surface area is 219 Å². The average Bonchev–Trinajstić information content (AvgIpc) is 3.62. The summed E-state index contributed by atoms with van der Waals surface area (Å²) in [6, 6.07) is 22.4. The lowest BCUT2D eigenvalue weighted by atomic mass is 10.1. The first-order valence-corrected chi connectivity index (χ1v) is 13.3. The van der Waals surface area contributed by atoms with Crippen LogP contribution in [0.25, 0.3) is 22.0 Å². The molecule has 3 N–H and O–H groups in total. The smallest absolute Gasteiger partial charge is 0.263 e. The largest absolute Gasteiger partial charge is 0.384 e. The summed E-state index contributed by atoms with van der Waals surface area (Å²) in [4.78, 5) is 26.5. The van der Waals surface area contributed by atoms with E-state index in [1.54, 1.807) is 11.7 Å². The van der Waals surface area contributed by atoms with Crippen LogP contribution in [0.2, 0.25) is 0 Å². The Bertz CT molecular complexity index is 1450. The third-order valence-corrected chi connectivity index (χ3v) is 7.25. The number of aromatic amines is 1. The van der Waals surface area contributed by atoms with Crippen molar-refractivity contribution in [3.8, 4) is 11.3 Å². The molecule has 0 aliphatic heterocycles. The van der Waals surface area contributed by atoms with Crippen LogP contribution >= 0.6 is 24.0 Å². The van der Waals surface area contributed by atoms with Crippen molar-refractivity contribution >= 4 is 46.3 Å². The second-order valence-electron chi connectivity index (χ2n) is 8.58.